The van der Waals surface area contributed by atoms with E-state index in [-0.39, 0.29) is 23.9 Å². The number of anilines is 1. The molecule has 4 heterocycles. The Morgan fingerprint density at radius 1 is 1.08 bits per heavy atom. The Labute approximate surface area is 221 Å². The molecule has 38 heavy (non-hydrogen) atoms. The maximum absolute atomic E-state index is 16.1. The van der Waals surface area contributed by atoms with Crippen LogP contribution in [0.5, 0.6) is 6.01 Å². The lowest BCUT2D eigenvalue weighted by atomic mass is 9.88. The Morgan fingerprint density at radius 2 is 1.79 bits per heavy atom. The molecule has 0 radical (unpaired) electrons. The topological polar surface area (TPSA) is 85.3 Å². The van der Waals surface area contributed by atoms with Crippen LogP contribution in [0.3, 0.4) is 0 Å². The van der Waals surface area contributed by atoms with Crippen molar-refractivity contribution in [1.29, 1.82) is 0 Å². The van der Waals surface area contributed by atoms with Crippen molar-refractivity contribution >= 4 is 17.0 Å². The summed E-state index contributed by atoms with van der Waals surface area (Å²) < 4.78 is 38.4. The molecule has 0 amide bonds. The van der Waals surface area contributed by atoms with Gasteiger partial charge in [-0.05, 0) is 57.1 Å². The van der Waals surface area contributed by atoms with Gasteiger partial charge in [0.15, 0.2) is 5.67 Å². The smallest absolute Gasteiger partial charge is 0.297 e. The molecule has 1 aromatic carbocycles. The molecule has 2 aromatic heterocycles. The number of imidazole rings is 1. The molecular formula is C28H35F2N7O. The fourth-order valence-electron chi connectivity index (χ4n) is 5.86. The minimum Gasteiger partial charge on any atom is -0.461 e. The number of halogens is 2. The van der Waals surface area contributed by atoms with Crippen LogP contribution in [0.25, 0.3) is 11.0 Å². The zero-order chi connectivity index (χ0) is 26.3. The van der Waals surface area contributed by atoms with Crippen molar-refractivity contribution in [3.63, 3.8) is 0 Å². The SMILES string of the molecule is C=C(N1CCC(n2c(OC3CCC3)nc3cc(F)ccc32)CC1)C1(F)CCN(Cc2cnc(N)nc2)CC1. The first kappa shape index (κ1) is 25.0. The van der Waals surface area contributed by atoms with Gasteiger partial charge < -0.3 is 15.4 Å². The van der Waals surface area contributed by atoms with Crippen molar-refractivity contribution in [2.24, 2.45) is 0 Å². The van der Waals surface area contributed by atoms with Crippen molar-refractivity contribution in [3.8, 4) is 6.01 Å². The van der Waals surface area contributed by atoms with Crippen molar-refractivity contribution in [1.82, 2.24) is 29.3 Å². The first-order valence-corrected chi connectivity index (χ1v) is 13.6. The number of nitrogens with zero attached hydrogens (tertiary/aromatic N) is 6. The summed E-state index contributed by atoms with van der Waals surface area (Å²) in [6, 6.07) is 5.47. The van der Waals surface area contributed by atoms with Crippen LogP contribution >= 0.6 is 0 Å². The summed E-state index contributed by atoms with van der Waals surface area (Å²) in [6.07, 6.45) is 9.33. The van der Waals surface area contributed by atoms with Crippen LogP contribution in [0.2, 0.25) is 0 Å². The van der Waals surface area contributed by atoms with Gasteiger partial charge in [-0.15, -0.1) is 0 Å². The van der Waals surface area contributed by atoms with E-state index in [1.165, 1.54) is 18.6 Å². The predicted octanol–water partition coefficient (Wildman–Crippen LogP) is 4.63. The molecule has 0 atom stereocenters. The first-order valence-electron chi connectivity index (χ1n) is 13.6. The number of nitrogen functional groups attached to an aromatic ring is 1. The highest BCUT2D eigenvalue weighted by molar-refractivity contribution is 5.77. The van der Waals surface area contributed by atoms with Gasteiger partial charge in [-0.1, -0.05) is 6.58 Å². The summed E-state index contributed by atoms with van der Waals surface area (Å²) in [5.41, 5.74) is 7.24. The Hall–Kier alpha value is -3.27. The number of rotatable bonds is 7. The Kier molecular flexibility index (Phi) is 6.67. The van der Waals surface area contributed by atoms with Gasteiger partial charge >= 0.3 is 0 Å². The number of piperidine rings is 2. The van der Waals surface area contributed by atoms with Gasteiger partial charge in [-0.25, -0.2) is 18.7 Å². The van der Waals surface area contributed by atoms with Crippen LogP contribution in [0.1, 0.15) is 56.6 Å². The third-order valence-corrected chi connectivity index (χ3v) is 8.45. The third-order valence-electron chi connectivity index (χ3n) is 8.45. The predicted molar refractivity (Wildman–Crippen MR) is 142 cm³/mol. The number of ether oxygens (including phenoxy) is 1. The number of allylic oxidation sites excluding steroid dienone is 1. The summed E-state index contributed by atoms with van der Waals surface area (Å²) in [7, 11) is 0. The van der Waals surface area contributed by atoms with Crippen molar-refractivity contribution in [2.75, 3.05) is 31.9 Å². The molecule has 6 rings (SSSR count). The molecule has 2 saturated heterocycles. The largest absolute Gasteiger partial charge is 0.461 e. The van der Waals surface area contributed by atoms with E-state index in [9.17, 15) is 4.39 Å². The average Bonchev–Trinajstić information content (AvgIpc) is 3.25. The highest BCUT2D eigenvalue weighted by Gasteiger charge is 2.40. The quantitative estimate of drug-likeness (QED) is 0.483. The maximum atomic E-state index is 16.1. The first-order chi connectivity index (χ1) is 18.4. The van der Waals surface area contributed by atoms with E-state index in [2.05, 4.69) is 35.9 Å². The normalized spacial score (nSPS) is 20.9. The number of nitrogens with two attached hydrogens (primary N) is 1. The molecule has 2 N–H and O–H groups in total. The molecular weight excluding hydrogens is 488 g/mol. The van der Waals surface area contributed by atoms with E-state index in [4.69, 9.17) is 10.5 Å². The second-order valence-corrected chi connectivity index (χ2v) is 10.9. The zero-order valence-corrected chi connectivity index (χ0v) is 21.7. The number of alkyl halides is 1. The van der Waals surface area contributed by atoms with E-state index in [0.29, 0.717) is 62.8 Å². The highest BCUT2D eigenvalue weighted by Crippen LogP contribution is 2.39. The van der Waals surface area contributed by atoms with Gasteiger partial charge in [0.2, 0.25) is 5.95 Å². The molecule has 0 bridgehead atoms. The van der Waals surface area contributed by atoms with Crippen molar-refractivity contribution in [3.05, 3.63) is 54.2 Å². The van der Waals surface area contributed by atoms with Crippen LogP contribution < -0.4 is 10.5 Å². The molecule has 1 saturated carbocycles. The molecule has 3 aromatic rings. The highest BCUT2D eigenvalue weighted by atomic mass is 19.1. The second kappa shape index (κ2) is 10.1. The summed E-state index contributed by atoms with van der Waals surface area (Å²) in [5, 5.41) is 0. The number of fused-ring (bicyclic) bond motifs is 1. The molecule has 0 unspecified atom stereocenters. The minimum absolute atomic E-state index is 0.157. The number of hydrogen-bond donors (Lipinski definition) is 1. The number of aromatic nitrogens is 4. The van der Waals surface area contributed by atoms with Gasteiger partial charge in [0.05, 0.1) is 11.0 Å². The molecule has 10 heteroatoms. The fraction of sp³-hybridized carbons (Fsp3) is 0.536. The zero-order valence-electron chi connectivity index (χ0n) is 21.7. The summed E-state index contributed by atoms with van der Waals surface area (Å²) in [5.74, 6) is -0.0444. The van der Waals surface area contributed by atoms with Gasteiger partial charge in [0.1, 0.15) is 11.9 Å². The van der Waals surface area contributed by atoms with E-state index in [0.717, 1.165) is 36.8 Å². The number of benzene rings is 1. The van der Waals surface area contributed by atoms with Gasteiger partial charge in [-0.3, -0.25) is 9.47 Å². The van der Waals surface area contributed by atoms with Crippen molar-refractivity contribution in [2.45, 2.75) is 69.3 Å². The molecule has 3 aliphatic rings. The molecule has 202 valence electrons. The van der Waals surface area contributed by atoms with Crippen LogP contribution in [0.4, 0.5) is 14.7 Å². The number of likely N-dealkylation sites (tertiary alicyclic amines) is 2. The Morgan fingerprint density at radius 3 is 2.45 bits per heavy atom. The molecule has 8 nitrogen and oxygen atoms in total. The van der Waals surface area contributed by atoms with Crippen LogP contribution in [-0.4, -0.2) is 67.3 Å². The number of hydrogen-bond acceptors (Lipinski definition) is 7. The monoisotopic (exact) mass is 523 g/mol. The lowest BCUT2D eigenvalue weighted by Gasteiger charge is -2.44. The van der Waals surface area contributed by atoms with E-state index >= 15 is 4.39 Å². The summed E-state index contributed by atoms with van der Waals surface area (Å²) in [6.45, 7) is 7.64. The summed E-state index contributed by atoms with van der Waals surface area (Å²) >= 11 is 0. The van der Waals surface area contributed by atoms with Gasteiger partial charge in [-0.2, -0.15) is 4.98 Å². The van der Waals surface area contributed by atoms with Crippen LogP contribution in [-0.2, 0) is 6.54 Å². The van der Waals surface area contributed by atoms with E-state index in [1.807, 2.05) is 0 Å². The standard InChI is InChI=1S/C28H35F2N7O/c1-19(28(30)9-13-35(14-10-28)18-20-16-32-26(31)33-17-20)36-11-7-22(8-12-36)37-25-6-5-21(29)15-24(25)34-27(37)38-23-3-2-4-23/h5-6,15-17,22-23H,1-4,7-14,18H2,(H2,31,32,33). The van der Waals surface area contributed by atoms with Crippen LogP contribution in [0, 0.1) is 5.82 Å². The van der Waals surface area contributed by atoms with Gasteiger partial charge in [0, 0.05) is 68.5 Å². The van der Waals surface area contributed by atoms with Crippen LogP contribution in [0.15, 0.2) is 42.9 Å². The Balaban J connectivity index is 1.09. The van der Waals surface area contributed by atoms with Crippen molar-refractivity contribution < 1.29 is 13.5 Å². The average molecular weight is 524 g/mol. The second-order valence-electron chi connectivity index (χ2n) is 10.9. The maximum Gasteiger partial charge on any atom is 0.297 e. The molecule has 0 spiro atoms. The lowest BCUT2D eigenvalue weighted by molar-refractivity contribution is 0.0508. The third kappa shape index (κ3) is 4.93. The van der Waals surface area contributed by atoms with Gasteiger partial charge in [0.25, 0.3) is 6.01 Å². The summed E-state index contributed by atoms with van der Waals surface area (Å²) in [4.78, 5) is 17.1. The Bertz CT molecular complexity index is 1290. The molecule has 1 aliphatic carbocycles. The molecule has 2 aliphatic heterocycles. The van der Waals surface area contributed by atoms with E-state index < -0.39 is 5.67 Å². The minimum atomic E-state index is -1.40. The van der Waals surface area contributed by atoms with E-state index in [1.54, 1.807) is 18.5 Å². The lowest BCUT2D eigenvalue weighted by Crippen LogP contribution is -2.47. The molecule has 3 fully saturated rings. The fourth-order valence-corrected chi connectivity index (χ4v) is 5.86.